The third-order valence-electron chi connectivity index (χ3n) is 14.2. The molecule has 4 aliphatic heterocycles. The number of aromatic nitrogens is 4. The number of fused-ring (bicyclic) bond motifs is 6. The fourth-order valence-electron chi connectivity index (χ4n) is 11.4. The number of rotatable bonds is 5. The number of imidazole rings is 1. The summed E-state index contributed by atoms with van der Waals surface area (Å²) in [5, 5.41) is 1.99. The highest BCUT2D eigenvalue weighted by Crippen LogP contribution is 2.50. The van der Waals surface area contributed by atoms with Crippen molar-refractivity contribution in [3.63, 3.8) is 0 Å². The van der Waals surface area contributed by atoms with Crippen molar-refractivity contribution < 1.29 is 18.8 Å². The molecule has 15 rings (SSSR count). The molecule has 0 fully saturated rings. The van der Waals surface area contributed by atoms with Crippen LogP contribution in [-0.2, 0) is 5.41 Å². The lowest BCUT2D eigenvalue weighted by atomic mass is 9.33. The molecule has 7 heterocycles. The van der Waals surface area contributed by atoms with E-state index < -0.39 is 0 Å². The van der Waals surface area contributed by atoms with Crippen molar-refractivity contribution in [1.82, 2.24) is 14.1 Å². The highest BCUT2D eigenvalue weighted by molar-refractivity contribution is 7.00. The van der Waals surface area contributed by atoms with Gasteiger partial charge in [-0.25, -0.2) is 4.98 Å². The summed E-state index contributed by atoms with van der Waals surface area (Å²) in [6.07, 6.45) is 5.56. The molecule has 0 saturated carbocycles. The summed E-state index contributed by atoms with van der Waals surface area (Å²) in [5.74, 6) is 4.71. The van der Waals surface area contributed by atoms with Gasteiger partial charge in [-0.1, -0.05) is 92.7 Å². The van der Waals surface area contributed by atoms with E-state index in [1.165, 1.54) is 11.1 Å². The predicted octanol–water partition coefficient (Wildman–Crippen LogP) is 11.1. The lowest BCUT2D eigenvalue weighted by molar-refractivity contribution is -0.572. The van der Waals surface area contributed by atoms with Crippen molar-refractivity contribution in [3.05, 3.63) is 200 Å². The van der Waals surface area contributed by atoms with Crippen molar-refractivity contribution in [2.75, 3.05) is 4.90 Å². The van der Waals surface area contributed by atoms with E-state index in [-0.39, 0.29) is 12.1 Å². The summed E-state index contributed by atoms with van der Waals surface area (Å²) in [4.78, 5) is 7.37. The Labute approximate surface area is 379 Å². The molecule has 66 heavy (non-hydrogen) atoms. The smallest absolute Gasteiger partial charge is 0.269 e. The minimum Gasteiger partial charge on any atom is -0.458 e. The molecule has 0 bridgehead atoms. The number of benzene rings is 8. The van der Waals surface area contributed by atoms with Crippen LogP contribution in [0, 0.1) is 6.33 Å². The van der Waals surface area contributed by atoms with Crippen LogP contribution in [0.1, 0.15) is 25.0 Å². The van der Waals surface area contributed by atoms with E-state index in [1.54, 1.807) is 0 Å². The minimum atomic E-state index is -0.242. The maximum absolute atomic E-state index is 7.16. The molecule has 0 unspecified atom stereocenters. The molecule has 3 aromatic heterocycles. The fraction of sp³-hybridized carbons (Fsp3) is 0.0526. The first-order chi connectivity index (χ1) is 32.5. The van der Waals surface area contributed by atoms with Crippen molar-refractivity contribution >= 4 is 73.1 Å². The van der Waals surface area contributed by atoms with Crippen LogP contribution in [0.2, 0.25) is 0 Å². The van der Waals surface area contributed by atoms with E-state index in [0.717, 1.165) is 112 Å². The Kier molecular flexibility index (Phi) is 6.95. The van der Waals surface area contributed by atoms with E-state index in [2.05, 4.69) is 190 Å². The zero-order valence-electron chi connectivity index (χ0n) is 35.9. The first kappa shape index (κ1) is 35.9. The second-order valence-corrected chi connectivity index (χ2v) is 18.1. The molecule has 0 amide bonds. The third kappa shape index (κ3) is 4.68. The first-order valence-electron chi connectivity index (χ1n) is 22.4. The van der Waals surface area contributed by atoms with Crippen molar-refractivity contribution in [1.29, 1.82) is 0 Å². The molecular weight excluding hydrogens is 813 g/mol. The minimum absolute atomic E-state index is 0.0782. The van der Waals surface area contributed by atoms with Crippen LogP contribution < -0.4 is 40.1 Å². The van der Waals surface area contributed by atoms with Gasteiger partial charge in [0.05, 0.1) is 39.0 Å². The van der Waals surface area contributed by atoms with Gasteiger partial charge in [-0.3, -0.25) is 13.7 Å². The average molecular weight is 850 g/mol. The number of para-hydroxylation sites is 3. The van der Waals surface area contributed by atoms with Crippen LogP contribution in [0.4, 0.5) is 17.1 Å². The Morgan fingerprint density at radius 1 is 0.606 bits per heavy atom. The lowest BCUT2D eigenvalue weighted by Crippen LogP contribution is -2.61. The van der Waals surface area contributed by atoms with Gasteiger partial charge in [0.1, 0.15) is 40.1 Å². The van der Waals surface area contributed by atoms with E-state index in [0.29, 0.717) is 5.75 Å². The number of ether oxygens (including phenoxy) is 3. The zero-order valence-corrected chi connectivity index (χ0v) is 35.9. The monoisotopic (exact) mass is 849 g/mol. The van der Waals surface area contributed by atoms with Crippen molar-refractivity contribution in [2.45, 2.75) is 19.3 Å². The van der Waals surface area contributed by atoms with Crippen LogP contribution in [0.3, 0.4) is 0 Å². The molecule has 0 atom stereocenters. The predicted molar refractivity (Wildman–Crippen MR) is 260 cm³/mol. The molecule has 0 spiro atoms. The van der Waals surface area contributed by atoms with Gasteiger partial charge in [0.25, 0.3) is 13.0 Å². The number of nitrogens with zero attached hydrogens (tertiary/aromatic N) is 5. The Hall–Kier alpha value is -8.56. The second kappa shape index (κ2) is 12.8. The Balaban J connectivity index is 0.870. The van der Waals surface area contributed by atoms with Crippen LogP contribution in [0.25, 0.3) is 50.0 Å². The molecule has 0 saturated heterocycles. The first-order valence-corrected chi connectivity index (χ1v) is 22.4. The Morgan fingerprint density at radius 3 is 2.15 bits per heavy atom. The molecule has 310 valence electrons. The van der Waals surface area contributed by atoms with Gasteiger partial charge < -0.3 is 19.1 Å². The molecule has 0 radical (unpaired) electrons. The second-order valence-electron chi connectivity index (χ2n) is 18.1. The number of anilines is 3. The third-order valence-corrected chi connectivity index (χ3v) is 14.2. The maximum atomic E-state index is 7.16. The van der Waals surface area contributed by atoms with Gasteiger partial charge in [0.15, 0.2) is 0 Å². The van der Waals surface area contributed by atoms with Crippen molar-refractivity contribution in [3.8, 4) is 51.6 Å². The average Bonchev–Trinajstić information content (AvgIpc) is 3.91. The van der Waals surface area contributed by atoms with E-state index in [1.807, 2.05) is 30.5 Å². The summed E-state index contributed by atoms with van der Waals surface area (Å²) in [5.41, 5.74) is 15.9. The van der Waals surface area contributed by atoms with Crippen LogP contribution in [0.5, 0.6) is 34.5 Å². The summed E-state index contributed by atoms with van der Waals surface area (Å²) < 4.78 is 27.5. The van der Waals surface area contributed by atoms with Gasteiger partial charge in [0, 0.05) is 51.7 Å². The van der Waals surface area contributed by atoms with Crippen molar-refractivity contribution in [2.24, 2.45) is 0 Å². The molecule has 4 aliphatic rings. The van der Waals surface area contributed by atoms with Crippen LogP contribution in [0.15, 0.2) is 182 Å². The SMILES string of the molecule is CC1(C)c2ccc(Oc3cccc(-n4c5cc6c7c(c5c5cccnc54)Oc4cccc5c4B7c4c(cccc4N5c4ccccc4)O6)c3)cc2-n2[c-][n+](-c3ccccc3)c3cccc1c32. The summed E-state index contributed by atoms with van der Waals surface area (Å²) in [7, 11) is 0. The summed E-state index contributed by atoms with van der Waals surface area (Å²) >= 11 is 0. The normalized spacial score (nSPS) is 14.2. The van der Waals surface area contributed by atoms with Crippen LogP contribution >= 0.6 is 0 Å². The van der Waals surface area contributed by atoms with E-state index in [9.17, 15) is 0 Å². The number of hydrogen-bond acceptors (Lipinski definition) is 5. The standard InChI is InChI=1S/C57H36BN5O3/c1-57(2)40-28-27-38(31-45(40)61-33-60(34-14-5-3-6-15-34)44-24-10-21-41(57)54(44)61)64-37-19-9-18-36(30-37)63-46-32-49-53-55(50(46)39-20-13-29-59-56(39)63)66-48-26-12-23-43-52(48)58(53)51-42(22-11-25-47(51)65-49)62(43)35-16-7-4-8-17-35/h3-32H,1-2H3. The van der Waals surface area contributed by atoms with Gasteiger partial charge in [0.2, 0.25) is 0 Å². The maximum Gasteiger partial charge on any atom is 0.269 e. The van der Waals surface area contributed by atoms with Crippen LogP contribution in [-0.4, -0.2) is 20.8 Å². The highest BCUT2D eigenvalue weighted by atomic mass is 16.5. The van der Waals surface area contributed by atoms with Gasteiger partial charge in [-0.05, 0) is 107 Å². The number of pyridine rings is 1. The summed E-state index contributed by atoms with van der Waals surface area (Å²) in [6, 6.07) is 61.3. The van der Waals surface area contributed by atoms with Gasteiger partial charge in [-0.2, -0.15) is 0 Å². The fourth-order valence-corrected chi connectivity index (χ4v) is 11.4. The topological polar surface area (TPSA) is 57.6 Å². The lowest BCUT2D eigenvalue weighted by Gasteiger charge is -2.42. The Morgan fingerprint density at radius 2 is 1.33 bits per heavy atom. The zero-order chi connectivity index (χ0) is 43.4. The van der Waals surface area contributed by atoms with Gasteiger partial charge in [-0.15, -0.1) is 0 Å². The Bertz CT molecular complexity index is 3900. The quantitative estimate of drug-likeness (QED) is 0.0981. The molecular formula is C57H36BN5O3. The molecule has 0 aliphatic carbocycles. The largest absolute Gasteiger partial charge is 0.458 e. The van der Waals surface area contributed by atoms with Gasteiger partial charge >= 0.3 is 0 Å². The molecule has 8 nitrogen and oxygen atoms in total. The molecule has 11 aromatic rings. The molecule has 8 aromatic carbocycles. The molecule has 9 heteroatoms. The van der Waals surface area contributed by atoms with E-state index >= 15 is 0 Å². The summed E-state index contributed by atoms with van der Waals surface area (Å²) in [6.45, 7) is 4.52. The van der Waals surface area contributed by atoms with E-state index in [4.69, 9.17) is 19.2 Å². The molecule has 0 N–H and O–H groups in total. The number of hydrogen-bond donors (Lipinski definition) is 0. The highest BCUT2D eigenvalue weighted by Gasteiger charge is 2.48.